The van der Waals surface area contributed by atoms with Gasteiger partial charge in [0.1, 0.15) is 17.2 Å². The van der Waals surface area contributed by atoms with Gasteiger partial charge in [0, 0.05) is 18.1 Å². The fraction of sp³-hybridized carbons (Fsp3) is 0.476. The molecule has 11 nitrogen and oxygen atoms in total. The SMILES string of the molecule is CCOC(=O)c1cnn(C2(C3(C(=O)OC(C)(C)C)C=NNC3)C=CC=C3NC(=O)NC32)c1. The maximum atomic E-state index is 13.7. The molecule has 1 aromatic heterocycles. The van der Waals surface area contributed by atoms with E-state index in [0.29, 0.717) is 5.70 Å². The third-order valence-corrected chi connectivity index (χ3v) is 5.60. The highest BCUT2D eigenvalue weighted by Crippen LogP contribution is 2.47. The van der Waals surface area contributed by atoms with Crippen molar-refractivity contribution < 1.29 is 23.9 Å². The van der Waals surface area contributed by atoms with Crippen LogP contribution >= 0.6 is 0 Å². The van der Waals surface area contributed by atoms with E-state index in [4.69, 9.17) is 9.47 Å². The van der Waals surface area contributed by atoms with Crippen LogP contribution in [0.25, 0.3) is 0 Å². The quantitative estimate of drug-likeness (QED) is 0.574. The normalized spacial score (nSPS) is 28.3. The number of hydrogen-bond acceptors (Lipinski definition) is 8. The number of hydrazone groups is 1. The van der Waals surface area contributed by atoms with Crippen molar-refractivity contribution in [2.75, 3.05) is 13.2 Å². The van der Waals surface area contributed by atoms with Crippen LogP contribution in [-0.4, -0.2) is 58.8 Å². The average Bonchev–Trinajstić information content (AvgIpc) is 3.45. The second-order valence-corrected chi connectivity index (χ2v) is 8.80. The Labute approximate surface area is 184 Å². The summed E-state index contributed by atoms with van der Waals surface area (Å²) >= 11 is 0. The molecule has 1 aliphatic carbocycles. The van der Waals surface area contributed by atoms with Crippen molar-refractivity contribution in [3.63, 3.8) is 0 Å². The summed E-state index contributed by atoms with van der Waals surface area (Å²) in [6, 6.07) is -1.11. The van der Waals surface area contributed by atoms with Gasteiger partial charge in [-0.1, -0.05) is 12.2 Å². The number of hydrogen-bond donors (Lipinski definition) is 3. The van der Waals surface area contributed by atoms with Crippen LogP contribution in [0.15, 0.2) is 41.4 Å². The third-order valence-electron chi connectivity index (χ3n) is 5.60. The first kappa shape index (κ1) is 21.6. The van der Waals surface area contributed by atoms with Gasteiger partial charge in [0.05, 0.1) is 24.9 Å². The van der Waals surface area contributed by atoms with E-state index in [1.165, 1.54) is 23.3 Å². The fourth-order valence-electron chi connectivity index (χ4n) is 4.27. The molecular weight excluding hydrogens is 416 g/mol. The Kier molecular flexibility index (Phi) is 5.06. The van der Waals surface area contributed by atoms with Crippen molar-refractivity contribution in [2.24, 2.45) is 10.5 Å². The van der Waals surface area contributed by atoms with Gasteiger partial charge in [-0.15, -0.1) is 0 Å². The number of allylic oxidation sites excluding steroid dienone is 2. The van der Waals surface area contributed by atoms with Crippen LogP contribution in [0, 0.1) is 5.41 Å². The van der Waals surface area contributed by atoms with Crippen LogP contribution in [0.1, 0.15) is 38.1 Å². The summed E-state index contributed by atoms with van der Waals surface area (Å²) in [6.07, 6.45) is 9.64. The van der Waals surface area contributed by atoms with Gasteiger partial charge in [0.25, 0.3) is 0 Å². The molecule has 0 spiro atoms. The lowest BCUT2D eigenvalue weighted by Gasteiger charge is -2.48. The van der Waals surface area contributed by atoms with E-state index in [2.05, 4.69) is 26.3 Å². The number of rotatable bonds is 5. The summed E-state index contributed by atoms with van der Waals surface area (Å²) in [4.78, 5) is 38.3. The molecule has 32 heavy (non-hydrogen) atoms. The summed E-state index contributed by atoms with van der Waals surface area (Å²) in [5.41, 5.74) is 0.176. The Hall–Kier alpha value is -3.63. The molecule has 3 aliphatic rings. The molecular formula is C21H26N6O5. The molecule has 3 unspecified atom stereocenters. The van der Waals surface area contributed by atoms with Crippen LogP contribution < -0.4 is 16.1 Å². The van der Waals surface area contributed by atoms with Crippen LogP contribution in [0.5, 0.6) is 0 Å². The molecule has 0 aromatic carbocycles. The first-order chi connectivity index (χ1) is 15.1. The highest BCUT2D eigenvalue weighted by atomic mass is 16.6. The number of ether oxygens (including phenoxy) is 2. The Bertz CT molecular complexity index is 1050. The summed E-state index contributed by atoms with van der Waals surface area (Å²) in [6.45, 7) is 7.35. The highest BCUT2D eigenvalue weighted by Gasteiger charge is 2.66. The number of aromatic nitrogens is 2. The van der Waals surface area contributed by atoms with E-state index < -0.39 is 40.6 Å². The van der Waals surface area contributed by atoms with Gasteiger partial charge in [-0.25, -0.2) is 9.59 Å². The van der Waals surface area contributed by atoms with Crippen molar-refractivity contribution in [3.8, 4) is 0 Å². The summed E-state index contributed by atoms with van der Waals surface area (Å²) in [5, 5.41) is 14.2. The molecule has 3 N–H and O–H groups in total. The van der Waals surface area contributed by atoms with Gasteiger partial charge < -0.3 is 25.5 Å². The predicted molar refractivity (Wildman–Crippen MR) is 114 cm³/mol. The zero-order chi connectivity index (χ0) is 23.1. The van der Waals surface area contributed by atoms with Gasteiger partial charge in [-0.2, -0.15) is 10.2 Å². The Morgan fingerprint density at radius 2 is 2.12 bits per heavy atom. The molecule has 170 valence electrons. The topological polar surface area (TPSA) is 136 Å². The zero-order valence-corrected chi connectivity index (χ0v) is 18.3. The molecule has 1 fully saturated rings. The minimum atomic E-state index is -1.39. The largest absolute Gasteiger partial charge is 0.462 e. The first-order valence-electron chi connectivity index (χ1n) is 10.3. The molecule has 1 aromatic rings. The maximum absolute atomic E-state index is 13.7. The van der Waals surface area contributed by atoms with E-state index in [1.54, 1.807) is 45.9 Å². The minimum Gasteiger partial charge on any atom is -0.462 e. The average molecular weight is 442 g/mol. The third kappa shape index (κ3) is 3.24. The fourth-order valence-corrected chi connectivity index (χ4v) is 4.27. The molecule has 0 bridgehead atoms. The number of carbonyl (C=O) groups excluding carboxylic acids is 3. The number of fused-ring (bicyclic) bond motifs is 1. The number of carbonyl (C=O) groups is 3. The maximum Gasteiger partial charge on any atom is 0.341 e. The summed E-state index contributed by atoms with van der Waals surface area (Å²) < 4.78 is 12.4. The van der Waals surface area contributed by atoms with Gasteiger partial charge in [0.15, 0.2) is 5.41 Å². The number of esters is 2. The monoisotopic (exact) mass is 442 g/mol. The number of nitrogens with one attached hydrogen (secondary N) is 3. The molecule has 3 heterocycles. The number of amides is 2. The summed E-state index contributed by atoms with van der Waals surface area (Å²) in [5.74, 6) is -1.08. The smallest absolute Gasteiger partial charge is 0.341 e. The standard InChI is InChI=1S/C21H26N6O5/c1-5-31-16(28)13-9-24-27(10-13)21(8-6-7-14-15(21)26-18(30)25-14)20(11-22-23-12-20)17(29)32-19(2,3)4/h6-11,15,23H,5,12H2,1-4H3,(H2,25,26,30). The predicted octanol–water partition coefficient (Wildman–Crippen LogP) is 0.807. The van der Waals surface area contributed by atoms with Crippen LogP contribution in [0.4, 0.5) is 4.79 Å². The van der Waals surface area contributed by atoms with E-state index in [0.717, 1.165) is 0 Å². The van der Waals surface area contributed by atoms with Crippen molar-refractivity contribution in [1.82, 2.24) is 25.8 Å². The van der Waals surface area contributed by atoms with Gasteiger partial charge in [-0.05, 0) is 33.8 Å². The summed E-state index contributed by atoms with van der Waals surface area (Å²) in [7, 11) is 0. The number of urea groups is 1. The first-order valence-corrected chi connectivity index (χ1v) is 10.3. The van der Waals surface area contributed by atoms with Gasteiger partial charge in [0.2, 0.25) is 0 Å². The molecule has 1 saturated heterocycles. The molecule has 2 aliphatic heterocycles. The van der Waals surface area contributed by atoms with Gasteiger partial charge >= 0.3 is 18.0 Å². The highest BCUT2D eigenvalue weighted by molar-refractivity contribution is 5.99. The second-order valence-electron chi connectivity index (χ2n) is 8.80. The molecule has 11 heteroatoms. The number of nitrogens with zero attached hydrogens (tertiary/aromatic N) is 3. The zero-order valence-electron chi connectivity index (χ0n) is 18.3. The molecule has 2 amide bonds. The van der Waals surface area contributed by atoms with E-state index in [9.17, 15) is 14.4 Å². The molecule has 4 rings (SSSR count). The van der Waals surface area contributed by atoms with Crippen LogP contribution in [0.3, 0.4) is 0 Å². The van der Waals surface area contributed by atoms with E-state index in [1.807, 2.05) is 0 Å². The Morgan fingerprint density at radius 3 is 2.78 bits per heavy atom. The molecule has 0 saturated carbocycles. The Morgan fingerprint density at radius 1 is 1.34 bits per heavy atom. The van der Waals surface area contributed by atoms with Crippen molar-refractivity contribution in [3.05, 3.63) is 41.9 Å². The molecule has 0 radical (unpaired) electrons. The van der Waals surface area contributed by atoms with E-state index in [-0.39, 0.29) is 18.7 Å². The lowest BCUT2D eigenvalue weighted by atomic mass is 9.64. The molecule has 3 atom stereocenters. The Balaban J connectivity index is 1.91. The van der Waals surface area contributed by atoms with Crippen molar-refractivity contribution >= 4 is 24.2 Å². The second kappa shape index (κ2) is 7.50. The van der Waals surface area contributed by atoms with E-state index >= 15 is 0 Å². The van der Waals surface area contributed by atoms with Gasteiger partial charge in [-0.3, -0.25) is 9.48 Å². The lowest BCUT2D eigenvalue weighted by molar-refractivity contribution is -0.167. The minimum absolute atomic E-state index is 0.0977. The van der Waals surface area contributed by atoms with Crippen LogP contribution in [-0.2, 0) is 19.8 Å². The van der Waals surface area contributed by atoms with Crippen LogP contribution in [0.2, 0.25) is 0 Å². The van der Waals surface area contributed by atoms with Crippen molar-refractivity contribution in [1.29, 1.82) is 0 Å². The van der Waals surface area contributed by atoms with Crippen molar-refractivity contribution in [2.45, 2.75) is 44.9 Å². The lowest BCUT2D eigenvalue weighted by Crippen LogP contribution is -2.66.